The Kier molecular flexibility index (Phi) is 6.88. The number of likely N-dealkylation sites (tertiary alicyclic amines) is 1. The van der Waals surface area contributed by atoms with Gasteiger partial charge in [0.2, 0.25) is 11.8 Å². The molecule has 2 N–H and O–H groups in total. The minimum atomic E-state index is -0.217. The van der Waals surface area contributed by atoms with Gasteiger partial charge in [-0.15, -0.1) is 0 Å². The smallest absolute Gasteiger partial charge is 0.239 e. The Hall–Kier alpha value is -2.86. The second-order valence-corrected chi connectivity index (χ2v) is 7.67. The molecule has 2 amide bonds. The molecule has 1 heterocycles. The summed E-state index contributed by atoms with van der Waals surface area (Å²) in [7, 11) is 1.83. The average molecular weight is 396 g/mol. The number of nitrogens with zero attached hydrogens (tertiary/aromatic N) is 2. The number of nitrogens with one attached hydrogen (secondary N) is 1. The van der Waals surface area contributed by atoms with Crippen molar-refractivity contribution in [2.24, 2.45) is 5.92 Å². The lowest BCUT2D eigenvalue weighted by molar-refractivity contribution is -0.136. The summed E-state index contributed by atoms with van der Waals surface area (Å²) in [5, 5.41) is 12.6. The number of hydrogen-bond acceptors (Lipinski definition) is 4. The Bertz CT molecular complexity index is 832. The first kappa shape index (κ1) is 20.9. The van der Waals surface area contributed by atoms with Gasteiger partial charge in [-0.1, -0.05) is 42.5 Å². The minimum Gasteiger partial charge on any atom is -0.506 e. The molecule has 0 aliphatic carbocycles. The van der Waals surface area contributed by atoms with Crippen molar-refractivity contribution < 1.29 is 14.7 Å². The number of para-hydroxylation sites is 2. The number of phenols is 1. The maximum absolute atomic E-state index is 12.8. The Morgan fingerprint density at radius 1 is 1.10 bits per heavy atom. The molecule has 1 aliphatic rings. The van der Waals surface area contributed by atoms with E-state index in [9.17, 15) is 14.7 Å². The van der Waals surface area contributed by atoms with Crippen LogP contribution in [0.4, 0.5) is 5.69 Å². The van der Waals surface area contributed by atoms with Gasteiger partial charge in [-0.25, -0.2) is 0 Å². The number of likely N-dealkylation sites (N-methyl/N-ethyl adjacent to an activating group) is 1. The number of aromatic hydroxyl groups is 1. The number of anilines is 1. The Morgan fingerprint density at radius 3 is 2.38 bits per heavy atom. The number of carbonyl (C=O) groups excluding carboxylic acids is 2. The summed E-state index contributed by atoms with van der Waals surface area (Å²) < 4.78 is 0. The highest BCUT2D eigenvalue weighted by molar-refractivity contribution is 5.94. The molecule has 1 aliphatic heterocycles. The normalized spacial score (nSPS) is 16.2. The first-order valence-electron chi connectivity index (χ1n) is 10.1. The number of carbonyl (C=O) groups is 2. The molecule has 0 radical (unpaired) electrons. The van der Waals surface area contributed by atoms with E-state index < -0.39 is 0 Å². The van der Waals surface area contributed by atoms with Crippen LogP contribution in [0.3, 0.4) is 0 Å². The molecule has 154 valence electrons. The molecule has 2 aromatic rings. The zero-order chi connectivity index (χ0) is 20.8. The van der Waals surface area contributed by atoms with Gasteiger partial charge in [0.25, 0.3) is 0 Å². The zero-order valence-electron chi connectivity index (χ0n) is 17.0. The van der Waals surface area contributed by atoms with E-state index in [0.717, 1.165) is 5.56 Å². The van der Waals surface area contributed by atoms with Crippen molar-refractivity contribution in [2.45, 2.75) is 32.4 Å². The molecule has 6 heteroatoms. The van der Waals surface area contributed by atoms with Crippen molar-refractivity contribution in [1.82, 2.24) is 9.80 Å². The van der Waals surface area contributed by atoms with E-state index in [2.05, 4.69) is 10.2 Å². The third kappa shape index (κ3) is 5.35. The summed E-state index contributed by atoms with van der Waals surface area (Å²) in [6.45, 7) is 3.92. The molecule has 1 saturated heterocycles. The first-order valence-corrected chi connectivity index (χ1v) is 10.1. The number of hydrogen-bond donors (Lipinski definition) is 2. The van der Waals surface area contributed by atoms with Crippen LogP contribution in [0.15, 0.2) is 54.6 Å². The van der Waals surface area contributed by atoms with Gasteiger partial charge in [0.15, 0.2) is 0 Å². The van der Waals surface area contributed by atoms with Crippen molar-refractivity contribution in [3.05, 3.63) is 60.2 Å². The molecular formula is C23H29N3O3. The second kappa shape index (κ2) is 9.56. The SMILES string of the molecule is C[C@@H](C(=O)N(C)Cc1ccccc1)N1CCC(C(=O)Nc2ccccc2O)CC1. The van der Waals surface area contributed by atoms with Crippen LogP contribution in [-0.4, -0.2) is 52.9 Å². The first-order chi connectivity index (χ1) is 14.0. The predicted octanol–water partition coefficient (Wildman–Crippen LogP) is 3.09. The molecule has 2 aromatic carbocycles. The monoisotopic (exact) mass is 395 g/mol. The van der Waals surface area contributed by atoms with Crippen molar-refractivity contribution in [3.8, 4) is 5.75 Å². The van der Waals surface area contributed by atoms with E-state index >= 15 is 0 Å². The topological polar surface area (TPSA) is 72.9 Å². The van der Waals surface area contributed by atoms with Gasteiger partial charge in [0.1, 0.15) is 5.75 Å². The van der Waals surface area contributed by atoms with Crippen molar-refractivity contribution in [2.75, 3.05) is 25.5 Å². The van der Waals surface area contributed by atoms with Gasteiger partial charge in [0, 0.05) is 19.5 Å². The zero-order valence-corrected chi connectivity index (χ0v) is 17.0. The summed E-state index contributed by atoms with van der Waals surface area (Å²) in [6.07, 6.45) is 1.39. The molecule has 0 unspecified atom stereocenters. The summed E-state index contributed by atoms with van der Waals surface area (Å²) >= 11 is 0. The summed E-state index contributed by atoms with van der Waals surface area (Å²) in [6, 6.07) is 16.5. The number of piperidine rings is 1. The van der Waals surface area contributed by atoms with Gasteiger partial charge in [-0.05, 0) is 50.6 Å². The van der Waals surface area contributed by atoms with Crippen LogP contribution < -0.4 is 5.32 Å². The Balaban J connectivity index is 1.49. The average Bonchev–Trinajstić information content (AvgIpc) is 2.75. The van der Waals surface area contributed by atoms with E-state index in [1.165, 1.54) is 0 Å². The standard InChI is InChI=1S/C23H29N3O3/c1-17(23(29)25(2)16-18-8-4-3-5-9-18)26-14-12-19(13-15-26)22(28)24-20-10-6-7-11-21(20)27/h3-11,17,19,27H,12-16H2,1-2H3,(H,24,28)/t17-/m0/s1. The van der Waals surface area contributed by atoms with Crippen molar-refractivity contribution in [3.63, 3.8) is 0 Å². The molecule has 0 aromatic heterocycles. The van der Waals surface area contributed by atoms with Gasteiger partial charge in [-0.2, -0.15) is 0 Å². The second-order valence-electron chi connectivity index (χ2n) is 7.67. The van der Waals surface area contributed by atoms with E-state index in [1.807, 2.05) is 44.3 Å². The largest absolute Gasteiger partial charge is 0.506 e. The van der Waals surface area contributed by atoms with E-state index in [-0.39, 0.29) is 29.5 Å². The summed E-state index contributed by atoms with van der Waals surface area (Å²) in [5.41, 5.74) is 1.54. The fraction of sp³-hybridized carbons (Fsp3) is 0.391. The molecule has 6 nitrogen and oxygen atoms in total. The van der Waals surface area contributed by atoms with Crippen molar-refractivity contribution >= 4 is 17.5 Å². The van der Waals surface area contributed by atoms with Crippen LogP contribution in [0.25, 0.3) is 0 Å². The molecule has 0 bridgehead atoms. The minimum absolute atomic E-state index is 0.0685. The van der Waals surface area contributed by atoms with Crippen LogP contribution in [0.5, 0.6) is 5.75 Å². The highest BCUT2D eigenvalue weighted by Gasteiger charge is 2.31. The van der Waals surface area contributed by atoms with E-state index in [0.29, 0.717) is 38.2 Å². The Morgan fingerprint density at radius 2 is 1.72 bits per heavy atom. The Labute approximate surface area is 172 Å². The van der Waals surface area contributed by atoms with Crippen LogP contribution in [0, 0.1) is 5.92 Å². The molecule has 1 fully saturated rings. The molecular weight excluding hydrogens is 366 g/mol. The third-order valence-corrected chi connectivity index (χ3v) is 5.61. The number of phenolic OH excluding ortho intramolecular Hbond substituents is 1. The van der Waals surface area contributed by atoms with Gasteiger partial charge >= 0.3 is 0 Å². The maximum atomic E-state index is 12.8. The van der Waals surface area contributed by atoms with Gasteiger partial charge < -0.3 is 15.3 Å². The van der Waals surface area contributed by atoms with Crippen molar-refractivity contribution in [1.29, 1.82) is 0 Å². The number of rotatable bonds is 6. The summed E-state index contributed by atoms with van der Waals surface area (Å²) in [4.78, 5) is 29.3. The van der Waals surface area contributed by atoms with E-state index in [1.54, 1.807) is 29.2 Å². The molecule has 0 spiro atoms. The molecule has 0 saturated carbocycles. The molecule has 29 heavy (non-hydrogen) atoms. The third-order valence-electron chi connectivity index (χ3n) is 5.61. The fourth-order valence-corrected chi connectivity index (χ4v) is 3.77. The highest BCUT2D eigenvalue weighted by Crippen LogP contribution is 2.25. The lowest BCUT2D eigenvalue weighted by Crippen LogP contribution is -2.49. The van der Waals surface area contributed by atoms with Crippen LogP contribution in [0.1, 0.15) is 25.3 Å². The number of benzene rings is 2. The lowest BCUT2D eigenvalue weighted by Gasteiger charge is -2.36. The van der Waals surface area contributed by atoms with E-state index in [4.69, 9.17) is 0 Å². The van der Waals surface area contributed by atoms with Crippen LogP contribution in [0.2, 0.25) is 0 Å². The number of amides is 2. The van der Waals surface area contributed by atoms with Crippen LogP contribution >= 0.6 is 0 Å². The quantitative estimate of drug-likeness (QED) is 0.738. The van der Waals surface area contributed by atoms with Gasteiger partial charge in [-0.3, -0.25) is 14.5 Å². The maximum Gasteiger partial charge on any atom is 0.239 e. The van der Waals surface area contributed by atoms with Crippen LogP contribution in [-0.2, 0) is 16.1 Å². The molecule has 1 atom stereocenters. The summed E-state index contributed by atoms with van der Waals surface area (Å²) in [5.74, 6) is -0.0357. The fourth-order valence-electron chi connectivity index (χ4n) is 3.77. The van der Waals surface area contributed by atoms with Gasteiger partial charge in [0.05, 0.1) is 11.7 Å². The highest BCUT2D eigenvalue weighted by atomic mass is 16.3. The predicted molar refractivity (Wildman–Crippen MR) is 113 cm³/mol. The lowest BCUT2D eigenvalue weighted by atomic mass is 9.94. The molecule has 3 rings (SSSR count).